The smallest absolute Gasteiger partial charge is 0.129 e. The number of benzene rings is 1. The molecule has 0 amide bonds. The molecule has 0 bridgehead atoms. The van der Waals surface area contributed by atoms with E-state index in [4.69, 9.17) is 23.1 Å². The van der Waals surface area contributed by atoms with Crippen molar-refractivity contribution < 1.29 is 4.39 Å². The van der Waals surface area contributed by atoms with Gasteiger partial charge in [0, 0.05) is 16.6 Å². The molecule has 0 saturated carbocycles. The van der Waals surface area contributed by atoms with Gasteiger partial charge in [-0.25, -0.2) is 4.39 Å². The van der Waals surface area contributed by atoms with E-state index in [1.54, 1.807) is 12.1 Å². The Morgan fingerprint density at radius 2 is 2.07 bits per heavy atom. The predicted molar refractivity (Wildman–Crippen MR) is 63.9 cm³/mol. The Kier molecular flexibility index (Phi) is 6.85. The van der Waals surface area contributed by atoms with Crippen LogP contribution in [-0.2, 0) is 0 Å². The number of nitrogens with two attached hydrogens (primary N) is 2. The highest BCUT2D eigenvalue weighted by Gasteiger charge is 2.10. The minimum atomic E-state index is -0.345. The Labute approximate surface area is 100 Å². The van der Waals surface area contributed by atoms with Crippen LogP contribution in [0, 0.1) is 5.82 Å². The van der Waals surface area contributed by atoms with Crippen LogP contribution >= 0.6 is 24.0 Å². The van der Waals surface area contributed by atoms with E-state index >= 15 is 0 Å². The summed E-state index contributed by atoms with van der Waals surface area (Å²) in [4.78, 5) is 0. The summed E-state index contributed by atoms with van der Waals surface area (Å²) in [6.45, 7) is 0.572. The molecule has 0 unspecified atom stereocenters. The summed E-state index contributed by atoms with van der Waals surface area (Å²) in [6, 6.07) is 4.25. The quantitative estimate of drug-likeness (QED) is 0.866. The maximum Gasteiger partial charge on any atom is 0.129 e. The summed E-state index contributed by atoms with van der Waals surface area (Å²) < 4.78 is 13.3. The van der Waals surface area contributed by atoms with Crippen LogP contribution in [-0.4, -0.2) is 6.54 Å². The number of hydrogen-bond acceptors (Lipinski definition) is 2. The van der Waals surface area contributed by atoms with Crippen molar-refractivity contribution in [2.24, 2.45) is 11.5 Å². The summed E-state index contributed by atoms with van der Waals surface area (Å²) in [6.07, 6.45) is 1.48. The molecule has 0 saturated heterocycles. The van der Waals surface area contributed by atoms with Crippen LogP contribution in [0.2, 0.25) is 5.02 Å². The van der Waals surface area contributed by atoms with E-state index in [0.29, 0.717) is 23.6 Å². The van der Waals surface area contributed by atoms with E-state index in [2.05, 4.69) is 0 Å². The Morgan fingerprint density at radius 1 is 1.40 bits per heavy atom. The molecule has 0 heterocycles. The van der Waals surface area contributed by atoms with Gasteiger partial charge in [-0.3, -0.25) is 0 Å². The third-order valence-electron chi connectivity index (χ3n) is 2.08. The van der Waals surface area contributed by atoms with E-state index in [1.165, 1.54) is 6.07 Å². The van der Waals surface area contributed by atoms with Crippen molar-refractivity contribution in [3.05, 3.63) is 34.6 Å². The molecule has 0 fully saturated rings. The van der Waals surface area contributed by atoms with Gasteiger partial charge in [0.2, 0.25) is 0 Å². The highest BCUT2D eigenvalue weighted by Crippen LogP contribution is 2.21. The Morgan fingerprint density at radius 3 is 2.60 bits per heavy atom. The lowest BCUT2D eigenvalue weighted by atomic mass is 10.0. The minimum Gasteiger partial charge on any atom is -0.330 e. The fourth-order valence-electron chi connectivity index (χ4n) is 1.30. The van der Waals surface area contributed by atoms with Gasteiger partial charge in [0.05, 0.1) is 0 Å². The lowest BCUT2D eigenvalue weighted by Crippen LogP contribution is -2.14. The summed E-state index contributed by atoms with van der Waals surface area (Å²) in [5.41, 5.74) is 11.6. The van der Waals surface area contributed by atoms with Gasteiger partial charge in [0.1, 0.15) is 5.82 Å². The van der Waals surface area contributed by atoms with Gasteiger partial charge in [-0.05, 0) is 31.5 Å². The van der Waals surface area contributed by atoms with Gasteiger partial charge < -0.3 is 11.5 Å². The highest BCUT2D eigenvalue weighted by molar-refractivity contribution is 6.30. The Hall–Kier alpha value is -0.350. The van der Waals surface area contributed by atoms with Gasteiger partial charge in [-0.2, -0.15) is 0 Å². The average molecular weight is 253 g/mol. The monoisotopic (exact) mass is 252 g/mol. The van der Waals surface area contributed by atoms with Crippen molar-refractivity contribution >= 4 is 24.0 Å². The lowest BCUT2D eigenvalue weighted by Gasteiger charge is -2.12. The standard InChI is InChI=1S/C10H14ClFN2.ClH/c11-7-3-4-8(9(12)6-7)10(14)2-1-5-13;/h3-4,6,10H,1-2,5,13-14H2;1H/t10-;/m1./s1. The van der Waals surface area contributed by atoms with E-state index < -0.39 is 0 Å². The van der Waals surface area contributed by atoms with Crippen molar-refractivity contribution in [3.63, 3.8) is 0 Å². The van der Waals surface area contributed by atoms with Gasteiger partial charge >= 0.3 is 0 Å². The van der Waals surface area contributed by atoms with Crippen molar-refractivity contribution in [2.75, 3.05) is 6.54 Å². The molecule has 1 aromatic rings. The fourth-order valence-corrected chi connectivity index (χ4v) is 1.45. The van der Waals surface area contributed by atoms with Crippen molar-refractivity contribution in [1.29, 1.82) is 0 Å². The van der Waals surface area contributed by atoms with Gasteiger partial charge in [0.15, 0.2) is 0 Å². The second-order valence-corrected chi connectivity index (χ2v) is 3.64. The fraction of sp³-hybridized carbons (Fsp3) is 0.400. The zero-order valence-electron chi connectivity index (χ0n) is 8.25. The SMILES string of the molecule is Cl.NCCC[C@@H](N)c1ccc(Cl)cc1F. The molecular formula is C10H15Cl2FN2. The first-order chi connectivity index (χ1) is 6.65. The summed E-state index contributed by atoms with van der Waals surface area (Å²) >= 11 is 5.63. The largest absolute Gasteiger partial charge is 0.330 e. The molecule has 2 nitrogen and oxygen atoms in total. The molecule has 0 spiro atoms. The van der Waals surface area contributed by atoms with Crippen LogP contribution < -0.4 is 11.5 Å². The van der Waals surface area contributed by atoms with Gasteiger partial charge in [-0.15, -0.1) is 12.4 Å². The first-order valence-electron chi connectivity index (χ1n) is 4.55. The highest BCUT2D eigenvalue weighted by atomic mass is 35.5. The normalized spacial score (nSPS) is 12.0. The van der Waals surface area contributed by atoms with E-state index in [9.17, 15) is 4.39 Å². The summed E-state index contributed by atoms with van der Waals surface area (Å²) in [7, 11) is 0. The van der Waals surface area contributed by atoms with Crippen molar-refractivity contribution in [2.45, 2.75) is 18.9 Å². The molecule has 86 valence electrons. The second-order valence-electron chi connectivity index (χ2n) is 3.20. The minimum absolute atomic E-state index is 0. The maximum atomic E-state index is 13.3. The molecule has 1 rings (SSSR count). The zero-order chi connectivity index (χ0) is 10.6. The molecule has 0 aromatic heterocycles. The molecule has 0 aliphatic rings. The van der Waals surface area contributed by atoms with Crippen LogP contribution in [0.4, 0.5) is 4.39 Å². The average Bonchev–Trinajstić information content (AvgIpc) is 2.14. The molecule has 0 aliphatic carbocycles. The van der Waals surface area contributed by atoms with Crippen LogP contribution in [0.25, 0.3) is 0 Å². The van der Waals surface area contributed by atoms with Crippen molar-refractivity contribution in [3.8, 4) is 0 Å². The number of rotatable bonds is 4. The summed E-state index contributed by atoms with van der Waals surface area (Å²) in [5, 5.41) is 0.386. The van der Waals surface area contributed by atoms with E-state index in [0.717, 1.165) is 6.42 Å². The first kappa shape index (κ1) is 14.6. The topological polar surface area (TPSA) is 52.0 Å². The third-order valence-corrected chi connectivity index (χ3v) is 2.32. The zero-order valence-corrected chi connectivity index (χ0v) is 9.82. The molecular weight excluding hydrogens is 238 g/mol. The third kappa shape index (κ3) is 4.34. The van der Waals surface area contributed by atoms with Gasteiger partial charge in [0.25, 0.3) is 0 Å². The second kappa shape index (κ2) is 7.01. The molecule has 1 atom stereocenters. The van der Waals surface area contributed by atoms with Crippen LogP contribution in [0.1, 0.15) is 24.4 Å². The Balaban J connectivity index is 0.00000196. The first-order valence-corrected chi connectivity index (χ1v) is 4.93. The molecule has 5 heteroatoms. The van der Waals surface area contributed by atoms with Crippen LogP contribution in [0.5, 0.6) is 0 Å². The number of halogens is 3. The lowest BCUT2D eigenvalue weighted by molar-refractivity contribution is 0.553. The van der Waals surface area contributed by atoms with Crippen LogP contribution in [0.3, 0.4) is 0 Å². The summed E-state index contributed by atoms with van der Waals surface area (Å²) in [5.74, 6) is -0.345. The van der Waals surface area contributed by atoms with Gasteiger partial charge in [-0.1, -0.05) is 17.7 Å². The molecule has 1 aromatic carbocycles. The predicted octanol–water partition coefficient (Wildman–Crippen LogP) is 2.64. The Bertz CT molecular complexity index is 307. The maximum absolute atomic E-state index is 13.3. The molecule has 4 N–H and O–H groups in total. The van der Waals surface area contributed by atoms with Crippen molar-refractivity contribution in [1.82, 2.24) is 0 Å². The molecule has 0 radical (unpaired) electrons. The number of hydrogen-bond donors (Lipinski definition) is 2. The molecule has 0 aliphatic heterocycles. The van der Waals surface area contributed by atoms with E-state index in [1.807, 2.05) is 0 Å². The van der Waals surface area contributed by atoms with E-state index in [-0.39, 0.29) is 24.3 Å². The molecule has 15 heavy (non-hydrogen) atoms. The van der Waals surface area contributed by atoms with Crippen LogP contribution in [0.15, 0.2) is 18.2 Å².